The number of halogens is 1. The second kappa shape index (κ2) is 10.9. The van der Waals surface area contributed by atoms with Crippen LogP contribution < -0.4 is 4.74 Å². The summed E-state index contributed by atoms with van der Waals surface area (Å²) < 4.78 is 20.9. The van der Waals surface area contributed by atoms with Crippen LogP contribution in [0.25, 0.3) is 5.57 Å². The van der Waals surface area contributed by atoms with Gasteiger partial charge in [0.15, 0.2) is 0 Å². The first kappa shape index (κ1) is 22.7. The molecule has 0 spiro atoms. The monoisotopic (exact) mass is 450 g/mol. The number of carbonyl (C=O) groups excluding carboxylic acids is 1. The van der Waals surface area contributed by atoms with Crippen molar-refractivity contribution in [2.24, 2.45) is 0 Å². The molecule has 6 nitrogen and oxygen atoms in total. The number of nitrogens with zero attached hydrogens (tertiary/aromatic N) is 3. The Kier molecular flexibility index (Phi) is 8.24. The Bertz CT molecular complexity index is 858. The minimum absolute atomic E-state index is 0.488. The van der Waals surface area contributed by atoms with Gasteiger partial charge < -0.3 is 9.47 Å². The van der Waals surface area contributed by atoms with Gasteiger partial charge in [0.1, 0.15) is 12.2 Å². The third-order valence-electron chi connectivity index (χ3n) is 5.42. The molecular weight excluding hydrogens is 422 g/mol. The molecule has 3 rings (SSSR count). The summed E-state index contributed by atoms with van der Waals surface area (Å²) in [7, 11) is 2.08. The van der Waals surface area contributed by atoms with Crippen LogP contribution >= 0.6 is 23.3 Å². The summed E-state index contributed by atoms with van der Waals surface area (Å²) >= 11 is 6.80. The molecule has 1 aliphatic rings. The first-order chi connectivity index (χ1) is 14.5. The van der Waals surface area contributed by atoms with Crippen LogP contribution in [-0.4, -0.2) is 45.4 Å². The van der Waals surface area contributed by atoms with Crippen LogP contribution in [0.5, 0.6) is 5.88 Å². The molecule has 0 N–H and O–H groups in total. The zero-order valence-electron chi connectivity index (χ0n) is 17.6. The third kappa shape index (κ3) is 5.80. The summed E-state index contributed by atoms with van der Waals surface area (Å²) in [4.78, 5) is 11.6. The van der Waals surface area contributed by atoms with E-state index in [1.807, 2.05) is 30.3 Å². The standard InChI is InChI=1S/C22H29ClN3O3S/c1-3-4-5-9-15-28-20-19(24-30-25-20)18-13-10-14-26(2,16-18)21(29-22(23)27)17-11-7-6-8-12-17/h6-8,11-13,21H,3-5,9-10,14-16H2,1-2H3/q+1. The Morgan fingerprint density at radius 3 is 2.77 bits per heavy atom. The lowest BCUT2D eigenvalue weighted by Crippen LogP contribution is -2.51. The number of hydrogen-bond acceptors (Lipinski definition) is 6. The van der Waals surface area contributed by atoms with Crippen LogP contribution in [0.2, 0.25) is 0 Å². The van der Waals surface area contributed by atoms with E-state index < -0.39 is 11.7 Å². The Labute approximate surface area is 187 Å². The molecule has 2 atom stereocenters. The van der Waals surface area contributed by atoms with Gasteiger partial charge in [-0.05, 0) is 18.6 Å². The number of carbonyl (C=O) groups is 1. The molecule has 162 valence electrons. The number of benzene rings is 1. The number of hydrogen-bond donors (Lipinski definition) is 0. The fourth-order valence-corrected chi connectivity index (χ4v) is 4.48. The first-order valence-corrected chi connectivity index (χ1v) is 11.5. The van der Waals surface area contributed by atoms with E-state index in [1.165, 1.54) is 12.8 Å². The third-order valence-corrected chi connectivity index (χ3v) is 6.02. The van der Waals surface area contributed by atoms with Gasteiger partial charge >= 0.3 is 5.43 Å². The number of aromatic nitrogens is 2. The fourth-order valence-electron chi connectivity index (χ4n) is 3.87. The van der Waals surface area contributed by atoms with Gasteiger partial charge in [0, 0.05) is 23.6 Å². The second-order valence-corrected chi connectivity index (χ2v) is 8.66. The number of ether oxygens (including phenoxy) is 2. The molecule has 0 saturated carbocycles. The van der Waals surface area contributed by atoms with Crippen molar-refractivity contribution in [2.75, 3.05) is 26.7 Å². The van der Waals surface area contributed by atoms with Crippen molar-refractivity contribution in [3.8, 4) is 5.88 Å². The summed E-state index contributed by atoms with van der Waals surface area (Å²) in [6, 6.07) is 9.73. The number of rotatable bonds is 10. The molecule has 2 heterocycles. The largest absolute Gasteiger partial charge is 0.475 e. The molecule has 0 radical (unpaired) electrons. The van der Waals surface area contributed by atoms with Gasteiger partial charge in [-0.25, -0.2) is 4.79 Å². The molecule has 0 amide bonds. The molecule has 0 saturated heterocycles. The molecule has 2 aromatic rings. The van der Waals surface area contributed by atoms with Crippen LogP contribution in [0.1, 0.15) is 56.5 Å². The van der Waals surface area contributed by atoms with E-state index in [0.717, 1.165) is 54.4 Å². The van der Waals surface area contributed by atoms with Crippen molar-refractivity contribution in [2.45, 2.75) is 45.3 Å². The highest BCUT2D eigenvalue weighted by Gasteiger charge is 2.40. The zero-order valence-corrected chi connectivity index (χ0v) is 19.1. The maximum atomic E-state index is 11.6. The van der Waals surface area contributed by atoms with Crippen molar-refractivity contribution in [1.29, 1.82) is 0 Å². The molecule has 8 heteroatoms. The van der Waals surface area contributed by atoms with E-state index in [2.05, 4.69) is 28.8 Å². The van der Waals surface area contributed by atoms with Crippen LogP contribution in [0, 0.1) is 0 Å². The number of unbranched alkanes of at least 4 members (excludes halogenated alkanes) is 3. The molecule has 0 bridgehead atoms. The van der Waals surface area contributed by atoms with E-state index in [-0.39, 0.29) is 0 Å². The summed E-state index contributed by atoms with van der Waals surface area (Å²) in [6.45, 7) is 4.30. The average molecular weight is 451 g/mol. The highest BCUT2D eigenvalue weighted by Crippen LogP contribution is 2.37. The predicted octanol–water partition coefficient (Wildman–Crippen LogP) is 5.81. The van der Waals surface area contributed by atoms with Crippen molar-refractivity contribution in [3.05, 3.63) is 47.7 Å². The van der Waals surface area contributed by atoms with Crippen molar-refractivity contribution >= 4 is 34.3 Å². The molecule has 1 aliphatic heterocycles. The summed E-state index contributed by atoms with van der Waals surface area (Å²) in [5.41, 5.74) is 1.97. The second-order valence-electron chi connectivity index (χ2n) is 7.82. The van der Waals surface area contributed by atoms with Gasteiger partial charge in [0.05, 0.1) is 37.5 Å². The van der Waals surface area contributed by atoms with Gasteiger partial charge in [0.25, 0.3) is 12.1 Å². The normalized spacial score (nSPS) is 19.8. The van der Waals surface area contributed by atoms with E-state index in [1.54, 1.807) is 0 Å². The maximum Gasteiger partial charge on any atom is 0.408 e. The van der Waals surface area contributed by atoms with Gasteiger partial charge in [-0.2, -0.15) is 4.37 Å². The van der Waals surface area contributed by atoms with Crippen LogP contribution in [0.4, 0.5) is 4.79 Å². The summed E-state index contributed by atoms with van der Waals surface area (Å²) in [5.74, 6) is 0.599. The van der Waals surface area contributed by atoms with Crippen molar-refractivity contribution < 1.29 is 18.8 Å². The molecular formula is C22H29ClN3O3S+. The zero-order chi connectivity index (χ0) is 21.4. The molecule has 30 heavy (non-hydrogen) atoms. The minimum Gasteiger partial charge on any atom is -0.475 e. The molecule has 0 fully saturated rings. The lowest BCUT2D eigenvalue weighted by molar-refractivity contribution is -0.953. The average Bonchev–Trinajstić information content (AvgIpc) is 3.21. The van der Waals surface area contributed by atoms with E-state index in [0.29, 0.717) is 23.5 Å². The summed E-state index contributed by atoms with van der Waals surface area (Å²) in [5, 5.41) is 0. The van der Waals surface area contributed by atoms with Crippen LogP contribution in [0.3, 0.4) is 0 Å². The fraction of sp³-hybridized carbons (Fsp3) is 0.500. The minimum atomic E-state index is -0.800. The highest BCUT2D eigenvalue weighted by atomic mass is 35.5. The molecule has 1 aromatic heterocycles. The summed E-state index contributed by atoms with van der Waals surface area (Å²) in [6.07, 6.45) is 7.11. The molecule has 1 aromatic carbocycles. The van der Waals surface area contributed by atoms with Crippen LogP contribution in [0.15, 0.2) is 36.4 Å². The lowest BCUT2D eigenvalue weighted by atomic mass is 10.0. The quantitative estimate of drug-likeness (QED) is 0.260. The molecule has 0 aliphatic carbocycles. The lowest BCUT2D eigenvalue weighted by Gasteiger charge is -2.42. The van der Waals surface area contributed by atoms with Crippen molar-refractivity contribution in [1.82, 2.24) is 8.75 Å². The highest BCUT2D eigenvalue weighted by molar-refractivity contribution is 6.99. The van der Waals surface area contributed by atoms with Gasteiger partial charge in [-0.3, -0.25) is 4.48 Å². The van der Waals surface area contributed by atoms with Crippen molar-refractivity contribution in [3.63, 3.8) is 0 Å². The number of quaternary nitrogens is 1. The smallest absolute Gasteiger partial charge is 0.408 e. The van der Waals surface area contributed by atoms with E-state index in [4.69, 9.17) is 21.1 Å². The molecule has 2 unspecified atom stereocenters. The van der Waals surface area contributed by atoms with E-state index >= 15 is 0 Å². The van der Waals surface area contributed by atoms with Crippen LogP contribution in [-0.2, 0) is 4.74 Å². The maximum absolute atomic E-state index is 11.6. The van der Waals surface area contributed by atoms with Gasteiger partial charge in [0.2, 0.25) is 0 Å². The number of likely N-dealkylation sites (N-methyl/N-ethyl adjacent to an activating group) is 1. The topological polar surface area (TPSA) is 61.3 Å². The van der Waals surface area contributed by atoms with Gasteiger partial charge in [-0.1, -0.05) is 50.5 Å². The Hall–Kier alpha value is -1.96. The first-order valence-electron chi connectivity index (χ1n) is 10.4. The Morgan fingerprint density at radius 2 is 2.03 bits per heavy atom. The predicted molar refractivity (Wildman–Crippen MR) is 120 cm³/mol. The van der Waals surface area contributed by atoms with Gasteiger partial charge in [-0.15, -0.1) is 4.37 Å². The Balaban J connectivity index is 1.76. The van der Waals surface area contributed by atoms with E-state index in [9.17, 15) is 4.79 Å². The SMILES string of the molecule is CCCCCCOc1nsnc1C1=CCC[N+](C)(C(OC(=O)Cl)c2ccccc2)C1. The Morgan fingerprint density at radius 1 is 1.23 bits per heavy atom.